The van der Waals surface area contributed by atoms with E-state index >= 15 is 0 Å². The van der Waals surface area contributed by atoms with Crippen LogP contribution in [-0.4, -0.2) is 35.4 Å². The SMILES string of the molecule is CCC(C)CC(=O)NC(CO)CO. The maximum atomic E-state index is 11.2. The molecule has 4 heteroatoms. The molecule has 0 fully saturated rings. The number of amides is 1. The second-order valence-corrected chi connectivity index (χ2v) is 3.35. The molecule has 0 aromatic heterocycles. The molecular weight excluding hydrogens is 170 g/mol. The molecular formula is C9H19NO3. The van der Waals surface area contributed by atoms with Gasteiger partial charge < -0.3 is 15.5 Å². The minimum atomic E-state index is -0.517. The van der Waals surface area contributed by atoms with Crippen LogP contribution in [0.15, 0.2) is 0 Å². The van der Waals surface area contributed by atoms with Crippen molar-refractivity contribution in [3.05, 3.63) is 0 Å². The largest absolute Gasteiger partial charge is 0.394 e. The van der Waals surface area contributed by atoms with Gasteiger partial charge in [0.15, 0.2) is 0 Å². The zero-order chi connectivity index (χ0) is 10.3. The summed E-state index contributed by atoms with van der Waals surface area (Å²) in [5.41, 5.74) is 0. The van der Waals surface area contributed by atoms with Crippen molar-refractivity contribution in [1.82, 2.24) is 5.32 Å². The van der Waals surface area contributed by atoms with Crippen LogP contribution in [0.1, 0.15) is 26.7 Å². The first kappa shape index (κ1) is 12.4. The first-order chi connectivity index (χ1) is 6.13. The third kappa shape index (κ3) is 5.60. The summed E-state index contributed by atoms with van der Waals surface area (Å²) < 4.78 is 0. The molecule has 0 aromatic rings. The van der Waals surface area contributed by atoms with Gasteiger partial charge in [-0.2, -0.15) is 0 Å². The Labute approximate surface area is 79.0 Å². The van der Waals surface area contributed by atoms with Crippen LogP contribution < -0.4 is 5.32 Å². The van der Waals surface area contributed by atoms with Gasteiger partial charge in [0.1, 0.15) is 0 Å². The van der Waals surface area contributed by atoms with Gasteiger partial charge in [0.2, 0.25) is 5.91 Å². The van der Waals surface area contributed by atoms with Crippen molar-refractivity contribution < 1.29 is 15.0 Å². The molecule has 1 unspecified atom stereocenters. The molecule has 1 atom stereocenters. The fourth-order valence-corrected chi connectivity index (χ4v) is 0.896. The molecule has 0 saturated carbocycles. The average molecular weight is 189 g/mol. The van der Waals surface area contributed by atoms with Gasteiger partial charge in [0.25, 0.3) is 0 Å². The van der Waals surface area contributed by atoms with Gasteiger partial charge in [-0.25, -0.2) is 0 Å². The Morgan fingerprint density at radius 2 is 1.92 bits per heavy atom. The molecule has 0 aliphatic heterocycles. The van der Waals surface area contributed by atoms with Crippen molar-refractivity contribution in [3.8, 4) is 0 Å². The number of aliphatic hydroxyl groups is 2. The molecule has 0 aliphatic carbocycles. The fourth-order valence-electron chi connectivity index (χ4n) is 0.896. The summed E-state index contributed by atoms with van der Waals surface area (Å²) in [4.78, 5) is 11.2. The molecule has 1 amide bonds. The zero-order valence-corrected chi connectivity index (χ0v) is 8.29. The first-order valence-electron chi connectivity index (χ1n) is 4.65. The highest BCUT2D eigenvalue weighted by Crippen LogP contribution is 2.05. The van der Waals surface area contributed by atoms with Gasteiger partial charge in [0.05, 0.1) is 19.3 Å². The second kappa shape index (κ2) is 6.86. The lowest BCUT2D eigenvalue weighted by atomic mass is 10.0. The van der Waals surface area contributed by atoms with Crippen LogP contribution in [0.3, 0.4) is 0 Å². The monoisotopic (exact) mass is 189 g/mol. The maximum absolute atomic E-state index is 11.2. The van der Waals surface area contributed by atoms with E-state index < -0.39 is 6.04 Å². The molecule has 0 heterocycles. The lowest BCUT2D eigenvalue weighted by molar-refractivity contribution is -0.123. The number of carbonyl (C=O) groups excluding carboxylic acids is 1. The summed E-state index contributed by atoms with van der Waals surface area (Å²) >= 11 is 0. The van der Waals surface area contributed by atoms with Crippen molar-refractivity contribution >= 4 is 5.91 Å². The highest BCUT2D eigenvalue weighted by atomic mass is 16.3. The van der Waals surface area contributed by atoms with E-state index in [1.807, 2.05) is 13.8 Å². The summed E-state index contributed by atoms with van der Waals surface area (Å²) in [5.74, 6) is 0.237. The Kier molecular flexibility index (Phi) is 6.54. The number of hydrogen-bond acceptors (Lipinski definition) is 3. The van der Waals surface area contributed by atoms with E-state index in [0.29, 0.717) is 12.3 Å². The molecule has 0 bridgehead atoms. The predicted octanol–water partition coefficient (Wildman–Crippen LogP) is -0.108. The lowest BCUT2D eigenvalue weighted by Crippen LogP contribution is -2.40. The Hall–Kier alpha value is -0.610. The van der Waals surface area contributed by atoms with Crippen LogP contribution in [0.2, 0.25) is 0 Å². The van der Waals surface area contributed by atoms with Crippen LogP contribution in [0.4, 0.5) is 0 Å². The minimum Gasteiger partial charge on any atom is -0.394 e. The standard InChI is InChI=1S/C9H19NO3/c1-3-7(2)4-9(13)10-8(5-11)6-12/h7-8,11-12H,3-6H2,1-2H3,(H,10,13). The summed E-state index contributed by atoms with van der Waals surface area (Å²) in [6, 6.07) is -0.517. The van der Waals surface area contributed by atoms with Crippen molar-refractivity contribution in [3.63, 3.8) is 0 Å². The predicted molar refractivity (Wildman–Crippen MR) is 50.2 cm³/mol. The Morgan fingerprint density at radius 1 is 1.38 bits per heavy atom. The van der Waals surface area contributed by atoms with Crippen LogP contribution >= 0.6 is 0 Å². The molecule has 3 N–H and O–H groups in total. The van der Waals surface area contributed by atoms with Crippen molar-refractivity contribution in [2.45, 2.75) is 32.7 Å². The Bertz CT molecular complexity index is 146. The maximum Gasteiger partial charge on any atom is 0.220 e. The number of rotatable bonds is 6. The average Bonchev–Trinajstić information content (AvgIpc) is 2.13. The smallest absolute Gasteiger partial charge is 0.220 e. The van der Waals surface area contributed by atoms with E-state index in [1.165, 1.54) is 0 Å². The molecule has 0 aliphatic rings. The molecule has 78 valence electrons. The first-order valence-corrected chi connectivity index (χ1v) is 4.65. The molecule has 4 nitrogen and oxygen atoms in total. The third-order valence-electron chi connectivity index (χ3n) is 2.04. The van der Waals surface area contributed by atoms with Gasteiger partial charge >= 0.3 is 0 Å². The van der Waals surface area contributed by atoms with E-state index in [1.54, 1.807) is 0 Å². The van der Waals surface area contributed by atoms with Gasteiger partial charge in [-0.05, 0) is 5.92 Å². The minimum absolute atomic E-state index is 0.109. The van der Waals surface area contributed by atoms with Gasteiger partial charge in [-0.3, -0.25) is 4.79 Å². The zero-order valence-electron chi connectivity index (χ0n) is 8.29. The highest BCUT2D eigenvalue weighted by Gasteiger charge is 2.11. The summed E-state index contributed by atoms with van der Waals surface area (Å²) in [7, 11) is 0. The Balaban J connectivity index is 3.72. The number of hydrogen-bond donors (Lipinski definition) is 3. The number of aliphatic hydroxyl groups excluding tert-OH is 2. The second-order valence-electron chi connectivity index (χ2n) is 3.35. The van der Waals surface area contributed by atoms with E-state index in [-0.39, 0.29) is 19.1 Å². The summed E-state index contributed by atoms with van der Waals surface area (Å²) in [5, 5.41) is 19.9. The number of nitrogens with one attached hydrogen (secondary N) is 1. The van der Waals surface area contributed by atoms with E-state index in [9.17, 15) is 4.79 Å². The quantitative estimate of drug-likeness (QED) is 0.546. The van der Waals surface area contributed by atoms with Crippen molar-refractivity contribution in [1.29, 1.82) is 0 Å². The van der Waals surface area contributed by atoms with Gasteiger partial charge in [0, 0.05) is 6.42 Å². The van der Waals surface area contributed by atoms with Gasteiger partial charge in [-0.1, -0.05) is 20.3 Å². The molecule has 0 radical (unpaired) electrons. The van der Waals surface area contributed by atoms with Gasteiger partial charge in [-0.15, -0.1) is 0 Å². The molecule has 0 saturated heterocycles. The molecule has 13 heavy (non-hydrogen) atoms. The van der Waals surface area contributed by atoms with Crippen molar-refractivity contribution in [2.75, 3.05) is 13.2 Å². The van der Waals surface area contributed by atoms with E-state index in [0.717, 1.165) is 6.42 Å². The third-order valence-corrected chi connectivity index (χ3v) is 2.04. The molecule has 0 aromatic carbocycles. The summed E-state index contributed by atoms with van der Waals surface area (Å²) in [6.07, 6.45) is 1.41. The fraction of sp³-hybridized carbons (Fsp3) is 0.889. The Morgan fingerprint density at radius 3 is 2.31 bits per heavy atom. The number of carbonyl (C=O) groups is 1. The summed E-state index contributed by atoms with van der Waals surface area (Å²) in [6.45, 7) is 3.57. The van der Waals surface area contributed by atoms with Crippen molar-refractivity contribution in [2.24, 2.45) is 5.92 Å². The lowest BCUT2D eigenvalue weighted by Gasteiger charge is -2.14. The van der Waals surface area contributed by atoms with Crippen LogP contribution in [0.25, 0.3) is 0 Å². The molecule has 0 rings (SSSR count). The highest BCUT2D eigenvalue weighted by molar-refractivity contribution is 5.76. The van der Waals surface area contributed by atoms with Crippen LogP contribution in [-0.2, 0) is 4.79 Å². The topological polar surface area (TPSA) is 69.6 Å². The van der Waals surface area contributed by atoms with Crippen LogP contribution in [0.5, 0.6) is 0 Å². The van der Waals surface area contributed by atoms with E-state index in [2.05, 4.69) is 5.32 Å². The normalized spacial score (nSPS) is 13.0. The van der Waals surface area contributed by atoms with Crippen LogP contribution in [0, 0.1) is 5.92 Å². The molecule has 0 spiro atoms. The van der Waals surface area contributed by atoms with E-state index in [4.69, 9.17) is 10.2 Å².